The molecule has 0 fully saturated rings. The maximum absolute atomic E-state index is 11.5. The molecule has 18 heavy (non-hydrogen) atoms. The molecule has 6 N–H and O–H groups in total. The van der Waals surface area contributed by atoms with Gasteiger partial charge in [-0.2, -0.15) is 0 Å². The lowest BCUT2D eigenvalue weighted by Gasteiger charge is -2.16. The normalized spacial score (nSPS) is 11.9. The van der Waals surface area contributed by atoms with Crippen LogP contribution in [0.3, 0.4) is 0 Å². The van der Waals surface area contributed by atoms with Crippen LogP contribution in [0.4, 0.5) is 4.79 Å². The summed E-state index contributed by atoms with van der Waals surface area (Å²) in [6, 6.07) is -1.32. The number of nitrogens with one attached hydrogen (secondary N) is 2. The van der Waals surface area contributed by atoms with Gasteiger partial charge in [-0.05, 0) is 18.8 Å². The molecule has 0 aliphatic heterocycles. The van der Waals surface area contributed by atoms with E-state index in [9.17, 15) is 14.4 Å². The van der Waals surface area contributed by atoms with Crippen molar-refractivity contribution in [3.05, 3.63) is 0 Å². The summed E-state index contributed by atoms with van der Waals surface area (Å²) < 4.78 is 0. The van der Waals surface area contributed by atoms with Gasteiger partial charge < -0.3 is 22.1 Å². The van der Waals surface area contributed by atoms with E-state index in [0.29, 0.717) is 25.8 Å². The van der Waals surface area contributed by atoms with E-state index in [0.717, 1.165) is 0 Å². The second-order valence-electron chi connectivity index (χ2n) is 4.55. The highest BCUT2D eigenvalue weighted by Gasteiger charge is 2.17. The Balaban J connectivity index is 4.03. The SMILES string of the molecule is CC(C)CC(=O)NC(CCCNC(N)=O)C(N)=O. The van der Waals surface area contributed by atoms with E-state index < -0.39 is 18.0 Å². The highest BCUT2D eigenvalue weighted by molar-refractivity contribution is 5.86. The van der Waals surface area contributed by atoms with Crippen LogP contribution in [0, 0.1) is 5.92 Å². The molecule has 7 heteroatoms. The fourth-order valence-electron chi connectivity index (χ4n) is 1.43. The molecule has 4 amide bonds. The lowest BCUT2D eigenvalue weighted by molar-refractivity contribution is -0.128. The predicted molar refractivity (Wildman–Crippen MR) is 67.4 cm³/mol. The Kier molecular flexibility index (Phi) is 7.50. The minimum atomic E-state index is -0.703. The van der Waals surface area contributed by atoms with Crippen molar-refractivity contribution in [3.63, 3.8) is 0 Å². The summed E-state index contributed by atoms with van der Waals surface area (Å²) in [7, 11) is 0. The number of hydrogen-bond acceptors (Lipinski definition) is 3. The Labute approximate surface area is 107 Å². The second-order valence-corrected chi connectivity index (χ2v) is 4.55. The van der Waals surface area contributed by atoms with Crippen molar-refractivity contribution in [2.24, 2.45) is 17.4 Å². The summed E-state index contributed by atoms with van der Waals surface area (Å²) in [6.07, 6.45) is 1.24. The highest BCUT2D eigenvalue weighted by atomic mass is 16.2. The molecule has 0 saturated carbocycles. The van der Waals surface area contributed by atoms with Crippen molar-refractivity contribution in [1.82, 2.24) is 10.6 Å². The number of hydrogen-bond donors (Lipinski definition) is 4. The lowest BCUT2D eigenvalue weighted by atomic mass is 10.1. The van der Waals surface area contributed by atoms with Gasteiger partial charge in [0, 0.05) is 13.0 Å². The van der Waals surface area contributed by atoms with E-state index in [1.807, 2.05) is 13.8 Å². The number of carbonyl (C=O) groups is 3. The van der Waals surface area contributed by atoms with Crippen LogP contribution in [0.2, 0.25) is 0 Å². The highest BCUT2D eigenvalue weighted by Crippen LogP contribution is 2.01. The smallest absolute Gasteiger partial charge is 0.312 e. The maximum Gasteiger partial charge on any atom is 0.312 e. The summed E-state index contributed by atoms with van der Waals surface area (Å²) >= 11 is 0. The number of urea groups is 1. The van der Waals surface area contributed by atoms with Crippen LogP contribution < -0.4 is 22.1 Å². The molecule has 0 rings (SSSR count). The third-order valence-electron chi connectivity index (χ3n) is 2.24. The van der Waals surface area contributed by atoms with Crippen LogP contribution in [0.5, 0.6) is 0 Å². The lowest BCUT2D eigenvalue weighted by Crippen LogP contribution is -2.45. The number of rotatable bonds is 8. The third-order valence-corrected chi connectivity index (χ3v) is 2.24. The minimum absolute atomic E-state index is 0.198. The van der Waals surface area contributed by atoms with E-state index in [4.69, 9.17) is 11.5 Å². The largest absolute Gasteiger partial charge is 0.368 e. The monoisotopic (exact) mass is 258 g/mol. The summed E-state index contributed by atoms with van der Waals surface area (Å²) in [6.45, 7) is 4.17. The molecule has 0 aromatic rings. The van der Waals surface area contributed by atoms with Gasteiger partial charge in [0.15, 0.2) is 0 Å². The zero-order chi connectivity index (χ0) is 14.1. The van der Waals surface area contributed by atoms with Crippen molar-refractivity contribution in [2.45, 2.75) is 39.2 Å². The minimum Gasteiger partial charge on any atom is -0.368 e. The molecule has 7 nitrogen and oxygen atoms in total. The first-order valence-electron chi connectivity index (χ1n) is 5.95. The van der Waals surface area contributed by atoms with Crippen LogP contribution >= 0.6 is 0 Å². The van der Waals surface area contributed by atoms with Crippen molar-refractivity contribution in [2.75, 3.05) is 6.54 Å². The van der Waals surface area contributed by atoms with Crippen molar-refractivity contribution >= 4 is 17.8 Å². The Bertz CT molecular complexity index is 305. The van der Waals surface area contributed by atoms with Gasteiger partial charge in [0.25, 0.3) is 0 Å². The molecule has 1 atom stereocenters. The molecule has 0 aromatic carbocycles. The summed E-state index contributed by atoms with van der Waals surface area (Å²) in [5, 5.41) is 4.98. The van der Waals surface area contributed by atoms with Crippen LogP contribution in [0.15, 0.2) is 0 Å². The van der Waals surface area contributed by atoms with Gasteiger partial charge in [-0.25, -0.2) is 4.79 Å². The Morgan fingerprint density at radius 2 is 1.78 bits per heavy atom. The van der Waals surface area contributed by atoms with E-state index in [2.05, 4.69) is 10.6 Å². The van der Waals surface area contributed by atoms with Gasteiger partial charge >= 0.3 is 6.03 Å². The molecule has 0 saturated heterocycles. The molecular weight excluding hydrogens is 236 g/mol. The van der Waals surface area contributed by atoms with Crippen LogP contribution in [0.1, 0.15) is 33.1 Å². The summed E-state index contributed by atoms with van der Waals surface area (Å²) in [5.74, 6) is -0.558. The third kappa shape index (κ3) is 8.37. The van der Waals surface area contributed by atoms with Gasteiger partial charge in [0.2, 0.25) is 11.8 Å². The molecule has 0 aromatic heterocycles. The average molecular weight is 258 g/mol. The van der Waals surface area contributed by atoms with Crippen molar-refractivity contribution in [1.29, 1.82) is 0 Å². The average Bonchev–Trinajstić information content (AvgIpc) is 2.20. The quantitative estimate of drug-likeness (QED) is 0.436. The maximum atomic E-state index is 11.5. The molecule has 0 bridgehead atoms. The van der Waals surface area contributed by atoms with E-state index >= 15 is 0 Å². The zero-order valence-electron chi connectivity index (χ0n) is 10.9. The Hall–Kier alpha value is -1.79. The predicted octanol–water partition coefficient (Wildman–Crippen LogP) is -0.549. The van der Waals surface area contributed by atoms with Crippen molar-refractivity contribution < 1.29 is 14.4 Å². The molecule has 104 valence electrons. The number of amides is 4. The number of primary amides is 2. The van der Waals surface area contributed by atoms with Gasteiger partial charge in [-0.3, -0.25) is 9.59 Å². The fourth-order valence-corrected chi connectivity index (χ4v) is 1.43. The van der Waals surface area contributed by atoms with Crippen LogP contribution in [0.25, 0.3) is 0 Å². The first-order valence-corrected chi connectivity index (χ1v) is 5.95. The fraction of sp³-hybridized carbons (Fsp3) is 0.727. The summed E-state index contributed by atoms with van der Waals surface area (Å²) in [5.41, 5.74) is 10.1. The van der Waals surface area contributed by atoms with Gasteiger partial charge in [0.1, 0.15) is 6.04 Å². The molecule has 1 unspecified atom stereocenters. The molecule has 0 heterocycles. The van der Waals surface area contributed by atoms with Gasteiger partial charge in [-0.15, -0.1) is 0 Å². The second kappa shape index (κ2) is 8.32. The summed E-state index contributed by atoms with van der Waals surface area (Å²) in [4.78, 5) is 33.1. The Morgan fingerprint density at radius 1 is 1.17 bits per heavy atom. The molecule has 0 radical (unpaired) electrons. The van der Waals surface area contributed by atoms with Gasteiger partial charge in [0.05, 0.1) is 0 Å². The first-order chi connectivity index (χ1) is 8.32. The molecule has 0 spiro atoms. The van der Waals surface area contributed by atoms with E-state index in [1.54, 1.807) is 0 Å². The first kappa shape index (κ1) is 16.2. The van der Waals surface area contributed by atoms with Crippen molar-refractivity contribution in [3.8, 4) is 0 Å². The molecule has 0 aliphatic carbocycles. The van der Waals surface area contributed by atoms with Crippen LogP contribution in [-0.2, 0) is 9.59 Å². The van der Waals surface area contributed by atoms with Gasteiger partial charge in [-0.1, -0.05) is 13.8 Å². The number of carbonyl (C=O) groups excluding carboxylic acids is 3. The molecule has 0 aliphatic rings. The topological polar surface area (TPSA) is 127 Å². The Morgan fingerprint density at radius 3 is 2.22 bits per heavy atom. The zero-order valence-corrected chi connectivity index (χ0v) is 10.9. The molecular formula is C11H22N4O3. The number of nitrogens with two attached hydrogens (primary N) is 2. The van der Waals surface area contributed by atoms with E-state index in [-0.39, 0.29) is 11.8 Å². The van der Waals surface area contributed by atoms with E-state index in [1.165, 1.54) is 0 Å². The standard InChI is InChI=1S/C11H22N4O3/c1-7(2)6-9(16)15-8(10(12)17)4-3-5-14-11(13)18/h7-8H,3-6H2,1-2H3,(H2,12,17)(H,15,16)(H3,13,14,18). The van der Waals surface area contributed by atoms with Crippen LogP contribution in [-0.4, -0.2) is 30.4 Å².